The Balaban J connectivity index is 1.47. The molecule has 120 valence electrons. The van der Waals surface area contributed by atoms with Crippen molar-refractivity contribution >= 4 is 51.1 Å². The molecule has 6 heteroatoms. The molecule has 0 radical (unpaired) electrons. The Morgan fingerprint density at radius 2 is 1.79 bits per heavy atom. The van der Waals surface area contributed by atoms with Crippen molar-refractivity contribution in [1.82, 2.24) is 5.32 Å². The van der Waals surface area contributed by atoms with E-state index in [1.807, 2.05) is 29.0 Å². The second-order valence-electron chi connectivity index (χ2n) is 5.35. The summed E-state index contributed by atoms with van der Waals surface area (Å²) in [6, 6.07) is 17.8. The van der Waals surface area contributed by atoms with Gasteiger partial charge in [0.2, 0.25) is 0 Å². The quantitative estimate of drug-likeness (QED) is 0.607. The monoisotopic (exact) mass is 370 g/mol. The summed E-state index contributed by atoms with van der Waals surface area (Å²) >= 11 is 0. The fraction of sp³-hybridized carbons (Fsp3) is 0.0556. The van der Waals surface area contributed by atoms with Crippen molar-refractivity contribution < 1.29 is 4.79 Å². The molecule has 2 aliphatic heterocycles. The highest BCUT2D eigenvalue weighted by Gasteiger charge is 2.26. The lowest BCUT2D eigenvalue weighted by Crippen LogP contribution is -2.27. The molecule has 3 nitrogen and oxygen atoms in total. The van der Waals surface area contributed by atoms with Crippen molar-refractivity contribution in [2.24, 2.45) is 4.99 Å². The first kappa shape index (κ1) is 15.7. The van der Waals surface area contributed by atoms with E-state index in [0.29, 0.717) is 10.7 Å². The number of aryl methyl sites for hydroxylation is 1. The SMILES string of the molecule is Cc1ccc(C2=CC3=S(S2)SC(NC(=O)c2ccccc2)=N3)cc1. The Kier molecular flexibility index (Phi) is 4.35. The van der Waals surface area contributed by atoms with Crippen LogP contribution in [0.5, 0.6) is 0 Å². The van der Waals surface area contributed by atoms with Crippen LogP contribution in [0.4, 0.5) is 0 Å². The molecule has 0 saturated heterocycles. The summed E-state index contributed by atoms with van der Waals surface area (Å²) in [7, 11) is 3.37. The minimum absolute atomic E-state index is 0.0677. The van der Waals surface area contributed by atoms with Crippen molar-refractivity contribution in [2.75, 3.05) is 0 Å². The molecule has 2 aromatic rings. The number of nitrogens with one attached hydrogen (secondary N) is 1. The summed E-state index contributed by atoms with van der Waals surface area (Å²) in [5, 5.41) is 3.59. The predicted octanol–water partition coefficient (Wildman–Crippen LogP) is 4.84. The average Bonchev–Trinajstić information content (AvgIpc) is 3.14. The van der Waals surface area contributed by atoms with E-state index in [2.05, 4.69) is 47.6 Å². The van der Waals surface area contributed by atoms with Gasteiger partial charge in [0.1, 0.15) is 4.99 Å². The lowest BCUT2D eigenvalue weighted by molar-refractivity contribution is 0.0978. The van der Waals surface area contributed by atoms with E-state index < -0.39 is 0 Å². The molecule has 1 unspecified atom stereocenters. The summed E-state index contributed by atoms with van der Waals surface area (Å²) in [5.74, 6) is -0.111. The van der Waals surface area contributed by atoms with Gasteiger partial charge >= 0.3 is 0 Å². The molecule has 1 amide bonds. The molecule has 0 saturated carbocycles. The first-order valence-electron chi connectivity index (χ1n) is 7.41. The van der Waals surface area contributed by atoms with E-state index in [1.54, 1.807) is 22.9 Å². The van der Waals surface area contributed by atoms with Gasteiger partial charge in [0.05, 0.1) is 0 Å². The molecule has 2 heterocycles. The topological polar surface area (TPSA) is 41.5 Å². The van der Waals surface area contributed by atoms with Crippen LogP contribution in [0.3, 0.4) is 0 Å². The standard InChI is InChI=1S/C18H14N2OS3/c1-12-7-9-13(10-8-12)15-11-16-19-18(23-24(16)22-15)20-17(21)14-5-3-2-4-6-14/h2-11H,1H3,(H,19,20,21). The van der Waals surface area contributed by atoms with Gasteiger partial charge in [0.25, 0.3) is 5.91 Å². The number of rotatable bonds is 2. The van der Waals surface area contributed by atoms with Crippen LogP contribution in [0.15, 0.2) is 65.7 Å². The Labute approximate surface area is 150 Å². The van der Waals surface area contributed by atoms with Crippen LogP contribution in [-0.2, 0) is 0 Å². The maximum atomic E-state index is 12.2. The Morgan fingerprint density at radius 1 is 1.04 bits per heavy atom. The van der Waals surface area contributed by atoms with Gasteiger partial charge in [0, 0.05) is 10.5 Å². The van der Waals surface area contributed by atoms with E-state index in [9.17, 15) is 4.79 Å². The van der Waals surface area contributed by atoms with Crippen LogP contribution < -0.4 is 5.32 Å². The number of carbonyl (C=O) groups excluding carboxylic acids is 1. The van der Waals surface area contributed by atoms with Crippen LogP contribution in [-0.4, -0.2) is 16.1 Å². The molecule has 2 aromatic carbocycles. The van der Waals surface area contributed by atoms with E-state index in [-0.39, 0.29) is 14.5 Å². The normalized spacial score (nSPS) is 18.9. The Morgan fingerprint density at radius 3 is 2.50 bits per heavy atom. The number of hydrogen-bond acceptors (Lipinski definition) is 4. The van der Waals surface area contributed by atoms with E-state index in [4.69, 9.17) is 0 Å². The molecule has 0 spiro atoms. The molecular formula is C18H14N2OS3. The lowest BCUT2D eigenvalue weighted by atomic mass is 10.1. The molecule has 4 rings (SSSR count). The summed E-state index contributed by atoms with van der Waals surface area (Å²) in [5.41, 5.74) is 3.14. The molecule has 0 aromatic heterocycles. The lowest BCUT2D eigenvalue weighted by Gasteiger charge is -2.07. The van der Waals surface area contributed by atoms with Gasteiger partial charge < -0.3 is 5.32 Å². The fourth-order valence-electron chi connectivity index (χ4n) is 2.29. The highest BCUT2D eigenvalue weighted by Crippen LogP contribution is 2.58. The number of amidine groups is 1. The zero-order valence-corrected chi connectivity index (χ0v) is 15.3. The zero-order chi connectivity index (χ0) is 16.5. The number of aliphatic imine (C=N–C) groups is 1. The highest BCUT2D eigenvalue weighted by atomic mass is 33.5. The summed E-state index contributed by atoms with van der Waals surface area (Å²) < 4.78 is 0. The van der Waals surface area contributed by atoms with Crippen molar-refractivity contribution in [3.8, 4) is 0 Å². The van der Waals surface area contributed by atoms with Crippen molar-refractivity contribution in [2.45, 2.75) is 6.92 Å². The first-order valence-corrected chi connectivity index (χ1v) is 11.3. The van der Waals surface area contributed by atoms with Gasteiger partial charge in [-0.3, -0.25) is 4.79 Å². The van der Waals surface area contributed by atoms with Crippen LogP contribution >= 0.6 is 30.1 Å². The number of carbonyl (C=O) groups is 1. The van der Waals surface area contributed by atoms with E-state index >= 15 is 0 Å². The molecule has 2 aliphatic rings. The third kappa shape index (κ3) is 3.22. The minimum Gasteiger partial charge on any atom is -0.300 e. The minimum atomic E-state index is -0.111. The average molecular weight is 371 g/mol. The van der Waals surface area contributed by atoms with Crippen LogP contribution in [0.2, 0.25) is 0 Å². The van der Waals surface area contributed by atoms with Crippen LogP contribution in [0, 0.1) is 6.92 Å². The van der Waals surface area contributed by atoms with Crippen molar-refractivity contribution in [3.63, 3.8) is 0 Å². The molecule has 1 atom stereocenters. The largest absolute Gasteiger partial charge is 0.300 e. The van der Waals surface area contributed by atoms with Gasteiger partial charge in [-0.05, 0) is 50.0 Å². The summed E-state index contributed by atoms with van der Waals surface area (Å²) in [6.07, 6.45) is 2.13. The fourth-order valence-corrected chi connectivity index (χ4v) is 8.23. The smallest absolute Gasteiger partial charge is 0.257 e. The molecule has 1 N–H and O–H groups in total. The number of nitrogens with zero attached hydrogens (tertiary/aromatic N) is 1. The van der Waals surface area contributed by atoms with Gasteiger partial charge in [0.15, 0.2) is 5.17 Å². The summed E-state index contributed by atoms with van der Waals surface area (Å²) in [6.45, 7) is 2.09. The number of amides is 1. The molecule has 0 bridgehead atoms. The summed E-state index contributed by atoms with van der Waals surface area (Å²) in [4.78, 5) is 19.1. The maximum absolute atomic E-state index is 12.2. The zero-order valence-electron chi connectivity index (χ0n) is 12.9. The highest BCUT2D eigenvalue weighted by molar-refractivity contribution is 9.20. The van der Waals surface area contributed by atoms with Gasteiger partial charge in [-0.25, -0.2) is 4.99 Å². The maximum Gasteiger partial charge on any atom is 0.257 e. The number of hydrogen-bond donors (Lipinski definition) is 1. The van der Waals surface area contributed by atoms with Gasteiger partial charge in [-0.2, -0.15) is 0 Å². The van der Waals surface area contributed by atoms with Crippen molar-refractivity contribution in [3.05, 3.63) is 77.4 Å². The third-order valence-corrected chi connectivity index (χ3v) is 9.46. The predicted molar refractivity (Wildman–Crippen MR) is 108 cm³/mol. The van der Waals surface area contributed by atoms with E-state index in [0.717, 1.165) is 4.99 Å². The van der Waals surface area contributed by atoms with E-state index in [1.165, 1.54) is 16.0 Å². The van der Waals surface area contributed by atoms with Crippen LogP contribution in [0.25, 0.3) is 4.91 Å². The Bertz CT molecular complexity index is 900. The first-order chi connectivity index (χ1) is 11.7. The molecule has 0 fully saturated rings. The second-order valence-corrected chi connectivity index (χ2v) is 11.0. The molecular weight excluding hydrogens is 356 g/mol. The molecule has 0 aliphatic carbocycles. The van der Waals surface area contributed by atoms with Crippen LogP contribution in [0.1, 0.15) is 21.5 Å². The second kappa shape index (κ2) is 6.63. The Hall–Kier alpha value is -1.76. The number of benzene rings is 2. The third-order valence-electron chi connectivity index (χ3n) is 3.55. The van der Waals surface area contributed by atoms with Gasteiger partial charge in [-0.15, -0.1) is 0 Å². The molecule has 24 heavy (non-hydrogen) atoms. The van der Waals surface area contributed by atoms with Crippen molar-refractivity contribution in [1.29, 1.82) is 0 Å². The van der Waals surface area contributed by atoms with Gasteiger partial charge in [-0.1, -0.05) is 58.8 Å².